The Morgan fingerprint density at radius 3 is 2.70 bits per heavy atom. The first-order chi connectivity index (χ1) is 11.2. The van der Waals surface area contributed by atoms with Crippen molar-refractivity contribution < 1.29 is 9.53 Å². The van der Waals surface area contributed by atoms with Crippen LogP contribution in [-0.4, -0.2) is 61.6 Å². The number of hydrogen-bond donors (Lipinski definition) is 1. The van der Waals surface area contributed by atoms with E-state index in [1.165, 1.54) is 6.42 Å². The van der Waals surface area contributed by atoms with E-state index >= 15 is 0 Å². The van der Waals surface area contributed by atoms with Gasteiger partial charge in [-0.05, 0) is 24.3 Å². The van der Waals surface area contributed by atoms with Crippen LogP contribution in [0.2, 0.25) is 0 Å². The zero-order valence-electron chi connectivity index (χ0n) is 13.7. The summed E-state index contributed by atoms with van der Waals surface area (Å²) >= 11 is 0. The molecule has 0 bridgehead atoms. The number of likely N-dealkylation sites (tertiary alicyclic amines) is 1. The minimum absolute atomic E-state index is 0.0582. The molecule has 1 amide bonds. The van der Waals surface area contributed by atoms with E-state index in [9.17, 15) is 4.79 Å². The summed E-state index contributed by atoms with van der Waals surface area (Å²) in [5.41, 5.74) is 7.08. The topological polar surface area (TPSA) is 58.8 Å². The molecule has 2 saturated heterocycles. The Labute approximate surface area is 138 Å². The molecule has 2 atom stereocenters. The number of piperidine rings is 1. The Balaban J connectivity index is 1.56. The standard InChI is InChI=1S/C18H27N3O2/c19-17(16-6-2-1-3-7-16)18(22)21-8-4-5-15(14-21)13-20-9-11-23-12-10-20/h1-3,6-7,15,17H,4-5,8-14,19H2. The zero-order chi connectivity index (χ0) is 16.1. The Hall–Kier alpha value is -1.43. The number of benzene rings is 1. The maximum Gasteiger partial charge on any atom is 0.244 e. The first kappa shape index (κ1) is 16.4. The lowest BCUT2D eigenvalue weighted by Gasteiger charge is -2.37. The first-order valence-corrected chi connectivity index (χ1v) is 8.63. The van der Waals surface area contributed by atoms with Crippen molar-refractivity contribution in [3.05, 3.63) is 35.9 Å². The van der Waals surface area contributed by atoms with Gasteiger partial charge in [-0.3, -0.25) is 9.69 Å². The Morgan fingerprint density at radius 1 is 1.22 bits per heavy atom. The first-order valence-electron chi connectivity index (χ1n) is 8.63. The van der Waals surface area contributed by atoms with Gasteiger partial charge in [-0.2, -0.15) is 0 Å². The van der Waals surface area contributed by atoms with E-state index in [1.807, 2.05) is 35.2 Å². The van der Waals surface area contributed by atoms with Crippen molar-refractivity contribution in [2.24, 2.45) is 11.7 Å². The molecule has 5 heteroatoms. The molecule has 5 nitrogen and oxygen atoms in total. The molecule has 2 aliphatic heterocycles. The lowest BCUT2D eigenvalue weighted by molar-refractivity contribution is -0.134. The predicted molar refractivity (Wildman–Crippen MR) is 89.9 cm³/mol. The third-order valence-electron chi connectivity index (χ3n) is 4.88. The average molecular weight is 317 g/mol. The number of hydrogen-bond acceptors (Lipinski definition) is 4. The van der Waals surface area contributed by atoms with Crippen LogP contribution in [0, 0.1) is 5.92 Å². The fourth-order valence-electron chi connectivity index (χ4n) is 3.56. The summed E-state index contributed by atoms with van der Waals surface area (Å²) < 4.78 is 5.41. The van der Waals surface area contributed by atoms with Gasteiger partial charge in [0.1, 0.15) is 6.04 Å². The molecule has 2 fully saturated rings. The third-order valence-corrected chi connectivity index (χ3v) is 4.88. The number of nitrogens with two attached hydrogens (primary N) is 1. The lowest BCUT2D eigenvalue weighted by atomic mass is 9.96. The summed E-state index contributed by atoms with van der Waals surface area (Å²) in [7, 11) is 0. The summed E-state index contributed by atoms with van der Waals surface area (Å²) in [6.07, 6.45) is 2.27. The van der Waals surface area contributed by atoms with Crippen LogP contribution in [0.15, 0.2) is 30.3 Å². The Kier molecular flexibility index (Phi) is 5.65. The maximum absolute atomic E-state index is 12.7. The molecule has 23 heavy (non-hydrogen) atoms. The van der Waals surface area contributed by atoms with Gasteiger partial charge in [0.25, 0.3) is 0 Å². The van der Waals surface area contributed by atoms with Crippen molar-refractivity contribution in [3.8, 4) is 0 Å². The highest BCUT2D eigenvalue weighted by molar-refractivity contribution is 5.83. The van der Waals surface area contributed by atoms with Crippen LogP contribution in [-0.2, 0) is 9.53 Å². The molecule has 0 radical (unpaired) electrons. The molecule has 1 aromatic carbocycles. The molecule has 1 aromatic rings. The molecule has 2 N–H and O–H groups in total. The minimum Gasteiger partial charge on any atom is -0.379 e. The van der Waals surface area contributed by atoms with Crippen molar-refractivity contribution in [1.82, 2.24) is 9.80 Å². The van der Waals surface area contributed by atoms with Crippen LogP contribution in [0.25, 0.3) is 0 Å². The van der Waals surface area contributed by atoms with Gasteiger partial charge in [0.15, 0.2) is 0 Å². The van der Waals surface area contributed by atoms with Crippen molar-refractivity contribution in [3.63, 3.8) is 0 Å². The molecular weight excluding hydrogens is 290 g/mol. The highest BCUT2D eigenvalue weighted by Gasteiger charge is 2.29. The normalized spacial score (nSPS) is 24.4. The fourth-order valence-corrected chi connectivity index (χ4v) is 3.56. The summed E-state index contributed by atoms with van der Waals surface area (Å²) in [4.78, 5) is 17.1. The summed E-state index contributed by atoms with van der Waals surface area (Å²) in [6.45, 7) is 6.40. The van der Waals surface area contributed by atoms with Crippen molar-refractivity contribution in [1.29, 1.82) is 0 Å². The zero-order valence-corrected chi connectivity index (χ0v) is 13.7. The fraction of sp³-hybridized carbons (Fsp3) is 0.611. The van der Waals surface area contributed by atoms with Gasteiger partial charge in [0.2, 0.25) is 5.91 Å². The second-order valence-electron chi connectivity index (χ2n) is 6.59. The SMILES string of the molecule is NC(C(=O)N1CCCC(CN2CCOCC2)C1)c1ccccc1. The quantitative estimate of drug-likeness (QED) is 0.908. The van der Waals surface area contributed by atoms with E-state index in [-0.39, 0.29) is 5.91 Å². The van der Waals surface area contributed by atoms with Crippen LogP contribution in [0.5, 0.6) is 0 Å². The van der Waals surface area contributed by atoms with Crippen LogP contribution < -0.4 is 5.73 Å². The largest absolute Gasteiger partial charge is 0.379 e. The average Bonchev–Trinajstić information content (AvgIpc) is 2.62. The maximum atomic E-state index is 12.7. The monoisotopic (exact) mass is 317 g/mol. The molecule has 2 unspecified atom stereocenters. The summed E-state index contributed by atoms with van der Waals surface area (Å²) in [6, 6.07) is 9.12. The van der Waals surface area contributed by atoms with Gasteiger partial charge in [0.05, 0.1) is 13.2 Å². The number of amides is 1. The Morgan fingerprint density at radius 2 is 1.96 bits per heavy atom. The molecule has 2 aliphatic rings. The lowest BCUT2D eigenvalue weighted by Crippen LogP contribution is -2.48. The number of ether oxygens (including phenoxy) is 1. The van der Waals surface area contributed by atoms with Crippen LogP contribution >= 0.6 is 0 Å². The second kappa shape index (κ2) is 7.90. The number of nitrogens with zero attached hydrogens (tertiary/aromatic N) is 2. The second-order valence-corrected chi connectivity index (χ2v) is 6.59. The highest BCUT2D eigenvalue weighted by Crippen LogP contribution is 2.21. The Bertz CT molecular complexity index is 502. The van der Waals surface area contributed by atoms with Gasteiger partial charge in [-0.15, -0.1) is 0 Å². The van der Waals surface area contributed by atoms with Crippen molar-refractivity contribution in [2.75, 3.05) is 45.9 Å². The van der Waals surface area contributed by atoms with Crippen LogP contribution in [0.3, 0.4) is 0 Å². The molecular formula is C18H27N3O2. The van der Waals surface area contributed by atoms with E-state index < -0.39 is 6.04 Å². The van der Waals surface area contributed by atoms with E-state index in [0.29, 0.717) is 5.92 Å². The number of carbonyl (C=O) groups excluding carboxylic acids is 1. The molecule has 0 spiro atoms. The van der Waals surface area contributed by atoms with Gasteiger partial charge in [-0.25, -0.2) is 0 Å². The van der Waals surface area contributed by atoms with E-state index in [2.05, 4.69) is 4.90 Å². The smallest absolute Gasteiger partial charge is 0.244 e. The minimum atomic E-state index is -0.543. The van der Waals surface area contributed by atoms with E-state index in [4.69, 9.17) is 10.5 Å². The van der Waals surface area contributed by atoms with Gasteiger partial charge in [0, 0.05) is 32.7 Å². The van der Waals surface area contributed by atoms with Crippen LogP contribution in [0.1, 0.15) is 24.4 Å². The van der Waals surface area contributed by atoms with Crippen molar-refractivity contribution >= 4 is 5.91 Å². The molecule has 3 rings (SSSR count). The highest BCUT2D eigenvalue weighted by atomic mass is 16.5. The summed E-state index contributed by atoms with van der Waals surface area (Å²) in [5, 5.41) is 0. The van der Waals surface area contributed by atoms with Crippen LogP contribution in [0.4, 0.5) is 0 Å². The number of rotatable bonds is 4. The van der Waals surface area contributed by atoms with Gasteiger partial charge < -0.3 is 15.4 Å². The molecule has 0 saturated carbocycles. The van der Waals surface area contributed by atoms with E-state index in [0.717, 1.165) is 57.9 Å². The number of morpholine rings is 1. The third kappa shape index (κ3) is 4.31. The predicted octanol–water partition coefficient (Wildman–Crippen LogP) is 1.26. The number of carbonyl (C=O) groups is 1. The molecule has 0 aromatic heterocycles. The summed E-state index contributed by atoms with van der Waals surface area (Å²) in [5.74, 6) is 0.608. The molecule has 0 aliphatic carbocycles. The molecule has 2 heterocycles. The van der Waals surface area contributed by atoms with E-state index in [1.54, 1.807) is 0 Å². The molecule has 126 valence electrons. The van der Waals surface area contributed by atoms with Crippen molar-refractivity contribution in [2.45, 2.75) is 18.9 Å². The van der Waals surface area contributed by atoms with Gasteiger partial charge in [-0.1, -0.05) is 30.3 Å². The van der Waals surface area contributed by atoms with Gasteiger partial charge >= 0.3 is 0 Å².